The first-order valence-corrected chi connectivity index (χ1v) is 9.85. The van der Waals surface area contributed by atoms with E-state index in [1.807, 2.05) is 0 Å². The van der Waals surface area contributed by atoms with Crippen LogP contribution in [0.15, 0.2) is 11.6 Å². The van der Waals surface area contributed by atoms with Gasteiger partial charge in [0.25, 0.3) is 0 Å². The van der Waals surface area contributed by atoms with E-state index in [2.05, 4.69) is 18.3 Å². The van der Waals surface area contributed by atoms with E-state index in [1.54, 1.807) is 5.57 Å². The maximum atomic E-state index is 10.6. The third-order valence-corrected chi connectivity index (χ3v) is 8.66. The van der Waals surface area contributed by atoms with Crippen LogP contribution >= 0.6 is 0 Å². The smallest absolute Gasteiger partial charge is 0.0596 e. The van der Waals surface area contributed by atoms with Crippen LogP contribution in [-0.4, -0.2) is 35.0 Å². The highest BCUT2D eigenvalue weighted by Crippen LogP contribution is 2.66. The van der Waals surface area contributed by atoms with Crippen LogP contribution in [0.2, 0.25) is 0 Å². The molecule has 5 aliphatic rings. The predicted octanol–water partition coefficient (Wildman–Crippen LogP) is 2.62. The number of hydrogen-bond donors (Lipinski definition) is 3. The molecule has 128 valence electrons. The summed E-state index contributed by atoms with van der Waals surface area (Å²) in [5, 5.41) is 24.4. The molecule has 3 nitrogen and oxygen atoms in total. The number of hydrogen-bond acceptors (Lipinski definition) is 3. The van der Waals surface area contributed by atoms with Crippen LogP contribution in [0.1, 0.15) is 58.3 Å². The molecule has 1 heterocycles. The van der Waals surface area contributed by atoms with Gasteiger partial charge in [0.2, 0.25) is 0 Å². The third-order valence-electron chi connectivity index (χ3n) is 8.66. The maximum absolute atomic E-state index is 10.6. The quantitative estimate of drug-likeness (QED) is 0.514. The molecule has 8 atom stereocenters. The second-order valence-electron chi connectivity index (χ2n) is 9.38. The van der Waals surface area contributed by atoms with Crippen LogP contribution in [0, 0.1) is 28.6 Å². The van der Waals surface area contributed by atoms with Crippen molar-refractivity contribution >= 4 is 0 Å². The number of aliphatic hydroxyl groups excluding tert-OH is 2. The Kier molecular flexibility index (Phi) is 3.13. The Balaban J connectivity index is 1.54. The maximum Gasteiger partial charge on any atom is 0.0596 e. The zero-order chi connectivity index (χ0) is 15.8. The van der Waals surface area contributed by atoms with Gasteiger partial charge >= 0.3 is 0 Å². The zero-order valence-electron chi connectivity index (χ0n) is 14.3. The minimum absolute atomic E-state index is 0.0815. The molecule has 1 aliphatic heterocycles. The first-order chi connectivity index (χ1) is 11.1. The van der Waals surface area contributed by atoms with Gasteiger partial charge in [0.1, 0.15) is 0 Å². The molecule has 5 rings (SSSR count). The molecule has 3 saturated carbocycles. The summed E-state index contributed by atoms with van der Waals surface area (Å²) in [6, 6.07) is 0.657. The van der Waals surface area contributed by atoms with Gasteiger partial charge in [-0.15, -0.1) is 0 Å². The molecule has 0 amide bonds. The van der Waals surface area contributed by atoms with Crippen LogP contribution in [0.4, 0.5) is 0 Å². The Morgan fingerprint density at radius 2 is 1.91 bits per heavy atom. The van der Waals surface area contributed by atoms with Crippen molar-refractivity contribution in [2.45, 2.75) is 76.5 Å². The molecule has 3 N–H and O–H groups in total. The van der Waals surface area contributed by atoms with Crippen molar-refractivity contribution in [3.63, 3.8) is 0 Å². The van der Waals surface area contributed by atoms with Crippen molar-refractivity contribution in [3.05, 3.63) is 11.6 Å². The first kappa shape index (κ1) is 14.9. The van der Waals surface area contributed by atoms with Gasteiger partial charge in [-0.25, -0.2) is 0 Å². The van der Waals surface area contributed by atoms with Gasteiger partial charge in [0.15, 0.2) is 0 Å². The van der Waals surface area contributed by atoms with E-state index in [-0.39, 0.29) is 17.6 Å². The Bertz CT molecular complexity index is 542. The van der Waals surface area contributed by atoms with E-state index in [0.717, 1.165) is 31.1 Å². The molecule has 0 radical (unpaired) electrons. The first-order valence-electron chi connectivity index (χ1n) is 9.85. The molecule has 0 aromatic heterocycles. The van der Waals surface area contributed by atoms with Gasteiger partial charge in [0, 0.05) is 18.0 Å². The van der Waals surface area contributed by atoms with Crippen LogP contribution in [-0.2, 0) is 0 Å². The van der Waals surface area contributed by atoms with E-state index in [9.17, 15) is 10.2 Å². The fourth-order valence-electron chi connectivity index (χ4n) is 7.40. The summed E-state index contributed by atoms with van der Waals surface area (Å²) in [6.07, 6.45) is 11.3. The fraction of sp³-hybridized carbons (Fsp3) is 0.900. The molecule has 0 aromatic rings. The molecule has 0 unspecified atom stereocenters. The molecular weight excluding hydrogens is 286 g/mol. The lowest BCUT2D eigenvalue weighted by Gasteiger charge is -2.58. The van der Waals surface area contributed by atoms with Crippen LogP contribution < -0.4 is 5.32 Å². The van der Waals surface area contributed by atoms with Gasteiger partial charge in [-0.2, -0.15) is 0 Å². The van der Waals surface area contributed by atoms with Crippen molar-refractivity contribution in [1.29, 1.82) is 0 Å². The van der Waals surface area contributed by atoms with E-state index in [0.29, 0.717) is 17.4 Å². The predicted molar refractivity (Wildman–Crippen MR) is 89.8 cm³/mol. The summed E-state index contributed by atoms with van der Waals surface area (Å²) >= 11 is 0. The van der Waals surface area contributed by atoms with Crippen molar-refractivity contribution < 1.29 is 10.2 Å². The highest BCUT2D eigenvalue weighted by Gasteiger charge is 2.63. The second-order valence-corrected chi connectivity index (χ2v) is 9.38. The minimum Gasteiger partial charge on any atom is -0.393 e. The lowest BCUT2D eigenvalue weighted by atomic mass is 9.46. The summed E-state index contributed by atoms with van der Waals surface area (Å²) in [6.45, 7) is 3.53. The highest BCUT2D eigenvalue weighted by atomic mass is 16.3. The average Bonchev–Trinajstić information content (AvgIpc) is 3.34. The number of allylic oxidation sites excluding steroid dienone is 1. The zero-order valence-corrected chi connectivity index (χ0v) is 14.3. The standard InChI is InChI=1S/C20H31NO2/c1-19-8-7-16-14(15(19)4-5-18(19)23)3-2-12-10-13(22)6-9-20(12,16)17-11-21-17/h2,13-18,21-23H,3-11H2,1H3/t13-,14-,15-,16-,17+,18-,19-,20+/m0/s1. The molecule has 0 bridgehead atoms. The number of aliphatic hydroxyl groups is 2. The lowest BCUT2D eigenvalue weighted by molar-refractivity contribution is -0.0761. The molecule has 4 aliphatic carbocycles. The molecular formula is C20H31NO2. The average molecular weight is 317 g/mol. The number of nitrogens with one attached hydrogen (secondary N) is 1. The summed E-state index contributed by atoms with van der Waals surface area (Å²) < 4.78 is 0. The Labute approximate surface area is 139 Å². The van der Waals surface area contributed by atoms with Crippen LogP contribution in [0.25, 0.3) is 0 Å². The van der Waals surface area contributed by atoms with Crippen molar-refractivity contribution in [1.82, 2.24) is 5.32 Å². The van der Waals surface area contributed by atoms with Crippen molar-refractivity contribution in [3.8, 4) is 0 Å². The van der Waals surface area contributed by atoms with Crippen LogP contribution in [0.3, 0.4) is 0 Å². The molecule has 0 spiro atoms. The Morgan fingerprint density at radius 3 is 2.70 bits per heavy atom. The number of rotatable bonds is 1. The number of fused-ring (bicyclic) bond motifs is 5. The summed E-state index contributed by atoms with van der Waals surface area (Å²) in [7, 11) is 0. The summed E-state index contributed by atoms with van der Waals surface area (Å²) in [4.78, 5) is 0. The van der Waals surface area contributed by atoms with Gasteiger partial charge in [-0.3, -0.25) is 0 Å². The molecule has 23 heavy (non-hydrogen) atoms. The van der Waals surface area contributed by atoms with Crippen LogP contribution in [0.5, 0.6) is 0 Å². The Hall–Kier alpha value is -0.380. The van der Waals surface area contributed by atoms with Gasteiger partial charge in [0.05, 0.1) is 12.2 Å². The van der Waals surface area contributed by atoms with E-state index in [1.165, 1.54) is 38.6 Å². The summed E-state index contributed by atoms with van der Waals surface area (Å²) in [5.74, 6) is 2.24. The summed E-state index contributed by atoms with van der Waals surface area (Å²) in [5.41, 5.74) is 2.07. The van der Waals surface area contributed by atoms with Crippen molar-refractivity contribution in [2.75, 3.05) is 6.54 Å². The van der Waals surface area contributed by atoms with Gasteiger partial charge in [-0.1, -0.05) is 18.6 Å². The molecule has 0 aromatic carbocycles. The second kappa shape index (κ2) is 4.83. The molecule has 1 saturated heterocycles. The van der Waals surface area contributed by atoms with E-state index in [4.69, 9.17) is 0 Å². The Morgan fingerprint density at radius 1 is 1.09 bits per heavy atom. The van der Waals surface area contributed by atoms with Gasteiger partial charge < -0.3 is 15.5 Å². The SMILES string of the molecule is C[C@]12CC[C@H]3[C@@H](CC=C4C[C@@H](O)CC[C@@]43[C@H]3CN3)[C@@H]1CC[C@@H]2O. The minimum atomic E-state index is -0.119. The normalized spacial score (nSPS) is 58.0. The largest absolute Gasteiger partial charge is 0.393 e. The highest BCUT2D eigenvalue weighted by molar-refractivity contribution is 5.31. The van der Waals surface area contributed by atoms with E-state index >= 15 is 0 Å². The third kappa shape index (κ3) is 1.88. The van der Waals surface area contributed by atoms with Gasteiger partial charge in [-0.05, 0) is 74.5 Å². The van der Waals surface area contributed by atoms with E-state index < -0.39 is 0 Å². The fourth-order valence-corrected chi connectivity index (χ4v) is 7.40. The molecule has 4 fully saturated rings. The monoisotopic (exact) mass is 317 g/mol. The topological polar surface area (TPSA) is 62.4 Å². The van der Waals surface area contributed by atoms with Crippen molar-refractivity contribution in [2.24, 2.45) is 28.6 Å². The molecule has 3 heteroatoms. The lowest BCUT2D eigenvalue weighted by Crippen LogP contribution is -2.54.